The van der Waals surface area contributed by atoms with Crippen molar-refractivity contribution >= 4 is 23.3 Å². The first-order valence-corrected chi connectivity index (χ1v) is 10.8. The summed E-state index contributed by atoms with van der Waals surface area (Å²) in [4.78, 5) is 23.6. The maximum absolute atomic E-state index is 12.3. The Bertz CT molecular complexity index is 1050. The highest BCUT2D eigenvalue weighted by Gasteiger charge is 2.32. The zero-order valence-electron chi connectivity index (χ0n) is 18.5. The van der Waals surface area contributed by atoms with Gasteiger partial charge in [-0.05, 0) is 42.0 Å². The van der Waals surface area contributed by atoms with Crippen molar-refractivity contribution in [3.63, 3.8) is 0 Å². The quantitative estimate of drug-likeness (QED) is 0.507. The van der Waals surface area contributed by atoms with E-state index in [0.717, 1.165) is 22.8 Å². The van der Waals surface area contributed by atoms with Crippen molar-refractivity contribution in [3.8, 4) is 5.75 Å². The van der Waals surface area contributed by atoms with Crippen LogP contribution in [0.25, 0.3) is 0 Å². The van der Waals surface area contributed by atoms with E-state index in [4.69, 9.17) is 20.2 Å². The van der Waals surface area contributed by atoms with Crippen molar-refractivity contribution < 1.29 is 14.3 Å². The molecule has 1 unspecified atom stereocenters. The minimum Gasteiger partial charge on any atom is -0.497 e. The highest BCUT2D eigenvalue weighted by Crippen LogP contribution is 2.30. The van der Waals surface area contributed by atoms with Crippen molar-refractivity contribution in [2.75, 3.05) is 45.3 Å². The Morgan fingerprint density at radius 1 is 1.15 bits per heavy atom. The minimum absolute atomic E-state index is 0.106. The molecule has 0 saturated heterocycles. The lowest BCUT2D eigenvalue weighted by Crippen LogP contribution is -2.37. The van der Waals surface area contributed by atoms with Gasteiger partial charge in [0.1, 0.15) is 5.75 Å². The molecule has 172 valence electrons. The molecular formula is C24H28N6O3. The number of hydrogen-bond acceptors (Lipinski definition) is 8. The predicted octanol–water partition coefficient (Wildman–Crippen LogP) is 2.15. The van der Waals surface area contributed by atoms with Gasteiger partial charge in [-0.3, -0.25) is 9.79 Å². The number of ether oxygens (including phenoxy) is 2. The van der Waals surface area contributed by atoms with Crippen molar-refractivity contribution in [2.45, 2.75) is 6.04 Å². The zero-order chi connectivity index (χ0) is 23.0. The number of amidine groups is 2. The topological polar surface area (TPSA) is 114 Å². The highest BCUT2D eigenvalue weighted by atomic mass is 16.5. The molecule has 0 radical (unpaired) electrons. The minimum atomic E-state index is -0.149. The summed E-state index contributed by atoms with van der Waals surface area (Å²) >= 11 is 0. The van der Waals surface area contributed by atoms with E-state index >= 15 is 0 Å². The molecule has 9 heteroatoms. The molecule has 4 N–H and O–H groups in total. The number of anilines is 1. The second-order valence-corrected chi connectivity index (χ2v) is 7.50. The normalized spacial score (nSPS) is 16.7. The van der Waals surface area contributed by atoms with Crippen molar-refractivity contribution in [1.29, 1.82) is 0 Å². The van der Waals surface area contributed by atoms with Gasteiger partial charge in [0.05, 0.1) is 32.9 Å². The first-order chi connectivity index (χ1) is 16.2. The highest BCUT2D eigenvalue weighted by molar-refractivity contribution is 6.45. The maximum atomic E-state index is 12.3. The molecule has 0 aromatic heterocycles. The van der Waals surface area contributed by atoms with Gasteiger partial charge in [0.25, 0.3) is 5.91 Å². The molecule has 2 aromatic carbocycles. The first kappa shape index (κ1) is 22.5. The van der Waals surface area contributed by atoms with Gasteiger partial charge in [-0.25, -0.2) is 4.99 Å². The lowest BCUT2D eigenvalue weighted by Gasteiger charge is -2.27. The van der Waals surface area contributed by atoms with Gasteiger partial charge in [-0.1, -0.05) is 12.1 Å². The van der Waals surface area contributed by atoms with Crippen molar-refractivity contribution in [2.24, 2.45) is 15.7 Å². The fourth-order valence-electron chi connectivity index (χ4n) is 3.65. The molecule has 1 amide bonds. The number of rotatable bonds is 9. The summed E-state index contributed by atoms with van der Waals surface area (Å²) in [6.45, 7) is 2.47. The summed E-state index contributed by atoms with van der Waals surface area (Å²) < 4.78 is 10.5. The molecule has 2 aliphatic heterocycles. The number of nitrogens with one attached hydrogen (secondary N) is 2. The molecule has 0 spiro atoms. The van der Waals surface area contributed by atoms with Crippen LogP contribution in [0.3, 0.4) is 0 Å². The summed E-state index contributed by atoms with van der Waals surface area (Å²) in [5.74, 6) is 2.14. The number of nitrogens with zero attached hydrogens (tertiary/aromatic N) is 3. The third-order valence-electron chi connectivity index (χ3n) is 5.34. The summed E-state index contributed by atoms with van der Waals surface area (Å²) in [5.41, 5.74) is 7.92. The number of nitrogens with two attached hydrogens (primary N) is 1. The molecule has 0 saturated carbocycles. The number of benzene rings is 2. The third-order valence-corrected chi connectivity index (χ3v) is 5.34. The molecule has 4 rings (SSSR count). The molecule has 9 nitrogen and oxygen atoms in total. The van der Waals surface area contributed by atoms with E-state index in [9.17, 15) is 4.79 Å². The Labute approximate surface area is 193 Å². The summed E-state index contributed by atoms with van der Waals surface area (Å²) in [6, 6.07) is 15.4. The number of aliphatic imine (C=N–C) groups is 2. The molecule has 2 aliphatic rings. The van der Waals surface area contributed by atoms with Gasteiger partial charge >= 0.3 is 0 Å². The standard InChI is InChI=1S/C24H28N6O3/c1-32-20-8-4-17(5-9-20)21-16-28-23-22(26-11-13-30(21)23)29-19-6-2-18(3-7-19)24(31)27-12-15-33-14-10-25/h2-9,11,13,21H,10,12,14-16,25H2,1H3,(H,26,29)(H,27,31). The number of fused-ring (bicyclic) bond motifs is 1. The van der Waals surface area contributed by atoms with Crippen LogP contribution in [0.2, 0.25) is 0 Å². The Balaban J connectivity index is 1.35. The maximum Gasteiger partial charge on any atom is 0.251 e. The van der Waals surface area contributed by atoms with Gasteiger partial charge in [0.2, 0.25) is 0 Å². The van der Waals surface area contributed by atoms with Crippen LogP contribution >= 0.6 is 0 Å². The van der Waals surface area contributed by atoms with Crippen LogP contribution in [0.1, 0.15) is 22.0 Å². The van der Waals surface area contributed by atoms with Gasteiger partial charge in [0.15, 0.2) is 11.7 Å². The second kappa shape index (κ2) is 10.8. The van der Waals surface area contributed by atoms with Crippen LogP contribution in [0.15, 0.2) is 70.9 Å². The van der Waals surface area contributed by atoms with Crippen LogP contribution in [0.5, 0.6) is 5.75 Å². The van der Waals surface area contributed by atoms with E-state index in [1.165, 1.54) is 0 Å². The van der Waals surface area contributed by atoms with Crippen LogP contribution < -0.4 is 21.1 Å². The summed E-state index contributed by atoms with van der Waals surface area (Å²) in [6.07, 6.45) is 3.70. The van der Waals surface area contributed by atoms with Gasteiger partial charge in [-0.15, -0.1) is 0 Å². The monoisotopic (exact) mass is 448 g/mol. The summed E-state index contributed by atoms with van der Waals surface area (Å²) in [7, 11) is 1.66. The average molecular weight is 449 g/mol. The first-order valence-electron chi connectivity index (χ1n) is 10.8. The van der Waals surface area contributed by atoms with E-state index in [2.05, 4.69) is 32.7 Å². The largest absolute Gasteiger partial charge is 0.497 e. The Kier molecular flexibility index (Phi) is 7.33. The lowest BCUT2D eigenvalue weighted by molar-refractivity contribution is 0.0920. The second-order valence-electron chi connectivity index (χ2n) is 7.50. The molecule has 0 fully saturated rings. The average Bonchev–Trinajstić information content (AvgIpc) is 3.29. The summed E-state index contributed by atoms with van der Waals surface area (Å²) in [5, 5.41) is 6.14. The molecule has 0 bridgehead atoms. The SMILES string of the molecule is COc1ccc(C2CN=C3C(Nc4ccc(C(=O)NCCOCCN)cc4)=NC=CN32)cc1. The van der Waals surface area contributed by atoms with E-state index < -0.39 is 0 Å². The van der Waals surface area contributed by atoms with Crippen LogP contribution in [-0.4, -0.2) is 62.4 Å². The Morgan fingerprint density at radius 3 is 2.67 bits per heavy atom. The molecule has 2 heterocycles. The Morgan fingerprint density at radius 2 is 1.94 bits per heavy atom. The smallest absolute Gasteiger partial charge is 0.251 e. The zero-order valence-corrected chi connectivity index (χ0v) is 18.5. The number of methoxy groups -OCH3 is 1. The number of carbonyl (C=O) groups excluding carboxylic acids is 1. The van der Waals surface area contributed by atoms with Crippen LogP contribution in [0.4, 0.5) is 5.69 Å². The van der Waals surface area contributed by atoms with Crippen LogP contribution in [0, 0.1) is 0 Å². The molecule has 1 atom stereocenters. The predicted molar refractivity (Wildman–Crippen MR) is 129 cm³/mol. The van der Waals surface area contributed by atoms with Crippen molar-refractivity contribution in [3.05, 3.63) is 72.1 Å². The van der Waals surface area contributed by atoms with E-state index in [1.807, 2.05) is 30.5 Å². The number of hydrogen-bond donors (Lipinski definition) is 3. The fraction of sp³-hybridized carbons (Fsp3) is 0.292. The van der Waals surface area contributed by atoms with Crippen LogP contribution in [-0.2, 0) is 4.74 Å². The molecule has 33 heavy (non-hydrogen) atoms. The van der Waals surface area contributed by atoms with Gasteiger partial charge < -0.3 is 30.7 Å². The fourth-order valence-corrected chi connectivity index (χ4v) is 3.65. The van der Waals surface area contributed by atoms with E-state index in [0.29, 0.717) is 44.2 Å². The lowest BCUT2D eigenvalue weighted by atomic mass is 10.1. The Hall–Kier alpha value is -3.69. The number of carbonyl (C=O) groups is 1. The van der Waals surface area contributed by atoms with E-state index in [-0.39, 0.29) is 11.9 Å². The van der Waals surface area contributed by atoms with E-state index in [1.54, 1.807) is 25.4 Å². The van der Waals surface area contributed by atoms with Gasteiger partial charge in [0, 0.05) is 36.7 Å². The molecule has 0 aliphatic carbocycles. The van der Waals surface area contributed by atoms with Crippen molar-refractivity contribution in [1.82, 2.24) is 10.2 Å². The third kappa shape index (κ3) is 5.39. The molecule has 2 aromatic rings. The number of amides is 1. The van der Waals surface area contributed by atoms with Gasteiger partial charge in [-0.2, -0.15) is 0 Å². The molecular weight excluding hydrogens is 420 g/mol.